The number of rotatable bonds is 8. The Kier molecular flexibility index (Phi) is 6.88. The van der Waals surface area contributed by atoms with E-state index in [0.717, 1.165) is 10.9 Å². The number of aliphatic hydroxyl groups is 1. The minimum atomic E-state index is -3.69. The van der Waals surface area contributed by atoms with Gasteiger partial charge < -0.3 is 15.2 Å². The quantitative estimate of drug-likeness (QED) is 0.541. The zero-order valence-corrected chi connectivity index (χ0v) is 18.0. The van der Waals surface area contributed by atoms with Crippen molar-refractivity contribution in [3.63, 3.8) is 0 Å². The van der Waals surface area contributed by atoms with Gasteiger partial charge in [-0.3, -0.25) is 0 Å². The molecule has 0 spiro atoms. The van der Waals surface area contributed by atoms with Gasteiger partial charge in [-0.05, 0) is 52.4 Å². The Morgan fingerprint density at radius 3 is 2.78 bits per heavy atom. The van der Waals surface area contributed by atoms with Crippen molar-refractivity contribution in [2.45, 2.75) is 42.4 Å². The molecule has 0 aliphatic heterocycles. The predicted molar refractivity (Wildman–Crippen MR) is 109 cm³/mol. The number of aliphatic hydroxyl groups excluding tert-OH is 1. The van der Waals surface area contributed by atoms with Gasteiger partial charge in [-0.1, -0.05) is 0 Å². The highest BCUT2D eigenvalue weighted by Gasteiger charge is 2.35. The van der Waals surface area contributed by atoms with E-state index in [1.807, 2.05) is 11.4 Å². The first-order valence-electron chi connectivity index (χ1n) is 8.54. The number of nitrogens with zero attached hydrogens (tertiary/aromatic N) is 1. The van der Waals surface area contributed by atoms with Crippen LogP contribution in [0.15, 0.2) is 39.1 Å². The topological polar surface area (TPSA) is 101 Å². The van der Waals surface area contributed by atoms with E-state index in [-0.39, 0.29) is 17.0 Å². The lowest BCUT2D eigenvalue weighted by molar-refractivity contribution is 0.00980. The summed E-state index contributed by atoms with van der Waals surface area (Å²) in [7, 11) is -2.18. The van der Waals surface area contributed by atoms with Crippen LogP contribution < -0.4 is 10.0 Å². The highest BCUT2D eigenvalue weighted by molar-refractivity contribution is 9.10. The normalized spacial score (nSPS) is 22.9. The van der Waals surface area contributed by atoms with E-state index in [0.29, 0.717) is 25.2 Å². The van der Waals surface area contributed by atoms with Crippen LogP contribution in [0.25, 0.3) is 0 Å². The summed E-state index contributed by atoms with van der Waals surface area (Å²) in [6.45, 7) is 0.703. The molecule has 2 heterocycles. The third-order valence-corrected chi connectivity index (χ3v) is 7.98. The number of hydrogen-bond acceptors (Lipinski definition) is 7. The molecular formula is C17H22BrN3O4S2. The van der Waals surface area contributed by atoms with Gasteiger partial charge in [-0.15, -0.1) is 11.3 Å². The van der Waals surface area contributed by atoms with E-state index < -0.39 is 16.1 Å². The summed E-state index contributed by atoms with van der Waals surface area (Å²) in [5.41, 5.74) is 0. The van der Waals surface area contributed by atoms with Crippen molar-refractivity contribution < 1.29 is 18.3 Å². The Bertz CT molecular complexity index is 857. The third-order valence-electron chi connectivity index (χ3n) is 4.49. The van der Waals surface area contributed by atoms with Crippen LogP contribution in [-0.4, -0.2) is 50.4 Å². The fourth-order valence-electron chi connectivity index (χ4n) is 3.07. The molecule has 3 rings (SSSR count). The van der Waals surface area contributed by atoms with Crippen LogP contribution >= 0.6 is 27.3 Å². The van der Waals surface area contributed by atoms with Crippen LogP contribution in [0.1, 0.15) is 17.7 Å². The number of ether oxygens (including phenoxy) is 1. The van der Waals surface area contributed by atoms with Gasteiger partial charge in [0.1, 0.15) is 10.7 Å². The molecule has 3 atom stereocenters. The Labute approximate surface area is 171 Å². The summed E-state index contributed by atoms with van der Waals surface area (Å²) < 4.78 is 33.9. The van der Waals surface area contributed by atoms with Crippen LogP contribution in [0.4, 0.5) is 5.82 Å². The van der Waals surface area contributed by atoms with Crippen molar-refractivity contribution in [1.82, 2.24) is 9.71 Å². The maximum Gasteiger partial charge on any atom is 0.242 e. The minimum absolute atomic E-state index is 0.101. The molecule has 0 bridgehead atoms. The maximum absolute atomic E-state index is 12.5. The largest absolute Gasteiger partial charge is 0.390 e. The van der Waals surface area contributed by atoms with Crippen LogP contribution in [0.5, 0.6) is 0 Å². The van der Waals surface area contributed by atoms with Crippen LogP contribution in [0.2, 0.25) is 0 Å². The number of hydrogen-bond donors (Lipinski definition) is 3. The third kappa shape index (κ3) is 5.27. The molecular weight excluding hydrogens is 454 g/mol. The SMILES string of the molecule is CO[C@@H]1C[C@H](NS(=O)(=O)c2ccc(NCCc3sccc3Br)nc2)C[C@@H]1O. The lowest BCUT2D eigenvalue weighted by Crippen LogP contribution is -2.33. The van der Waals surface area contributed by atoms with Crippen molar-refractivity contribution >= 4 is 43.1 Å². The predicted octanol–water partition coefficient (Wildman–Crippen LogP) is 2.38. The molecule has 27 heavy (non-hydrogen) atoms. The molecule has 1 saturated carbocycles. The zero-order chi connectivity index (χ0) is 19.4. The minimum Gasteiger partial charge on any atom is -0.390 e. The smallest absolute Gasteiger partial charge is 0.242 e. The van der Waals surface area contributed by atoms with Crippen molar-refractivity contribution in [2.24, 2.45) is 0 Å². The molecule has 0 aromatic carbocycles. The molecule has 0 saturated heterocycles. The second kappa shape index (κ2) is 8.97. The Morgan fingerprint density at radius 2 is 2.19 bits per heavy atom. The molecule has 2 aromatic rings. The second-order valence-corrected chi connectivity index (χ2v) is 9.95. The molecule has 0 radical (unpaired) electrons. The molecule has 7 nitrogen and oxygen atoms in total. The molecule has 1 aliphatic carbocycles. The molecule has 0 amide bonds. The molecule has 2 aromatic heterocycles. The van der Waals surface area contributed by atoms with E-state index in [1.165, 1.54) is 24.3 Å². The molecule has 10 heteroatoms. The number of thiophene rings is 1. The summed E-state index contributed by atoms with van der Waals surface area (Å²) >= 11 is 5.19. The Morgan fingerprint density at radius 1 is 1.37 bits per heavy atom. The zero-order valence-electron chi connectivity index (χ0n) is 14.8. The summed E-state index contributed by atoms with van der Waals surface area (Å²) in [5, 5.41) is 15.1. The van der Waals surface area contributed by atoms with Crippen molar-refractivity contribution in [2.75, 3.05) is 19.0 Å². The summed E-state index contributed by atoms with van der Waals surface area (Å²) in [6, 6.07) is 4.84. The highest BCUT2D eigenvalue weighted by Crippen LogP contribution is 2.25. The van der Waals surface area contributed by atoms with Gasteiger partial charge in [-0.2, -0.15) is 0 Å². The first kappa shape index (κ1) is 20.7. The number of pyridine rings is 1. The highest BCUT2D eigenvalue weighted by atomic mass is 79.9. The summed E-state index contributed by atoms with van der Waals surface area (Å²) in [6.07, 6.45) is 1.98. The van der Waals surface area contributed by atoms with Crippen LogP contribution in [0, 0.1) is 0 Å². The first-order chi connectivity index (χ1) is 12.9. The van der Waals surface area contributed by atoms with E-state index in [9.17, 15) is 13.5 Å². The fraction of sp³-hybridized carbons (Fsp3) is 0.471. The average molecular weight is 476 g/mol. The molecule has 1 aliphatic rings. The van der Waals surface area contributed by atoms with E-state index in [4.69, 9.17) is 4.74 Å². The Hall–Kier alpha value is -1.04. The van der Waals surface area contributed by atoms with Crippen LogP contribution in [-0.2, 0) is 21.2 Å². The summed E-state index contributed by atoms with van der Waals surface area (Å²) in [4.78, 5) is 5.54. The number of aromatic nitrogens is 1. The van der Waals surface area contributed by atoms with Gasteiger partial charge in [0, 0.05) is 41.7 Å². The number of methoxy groups -OCH3 is 1. The monoisotopic (exact) mass is 475 g/mol. The lowest BCUT2D eigenvalue weighted by Gasteiger charge is -2.13. The molecule has 0 unspecified atom stereocenters. The standard InChI is InChI=1S/C17H22BrN3O4S2/c1-25-15-9-11(8-14(15)22)21-27(23,24)12-2-3-17(20-10-12)19-6-4-16-13(18)5-7-26-16/h2-3,5,7,10-11,14-15,21-22H,4,6,8-9H2,1H3,(H,19,20)/t11-,14+,15-/m1/s1. The second-order valence-electron chi connectivity index (χ2n) is 6.38. The summed E-state index contributed by atoms with van der Waals surface area (Å²) in [5.74, 6) is 0.623. The van der Waals surface area contributed by atoms with Crippen molar-refractivity contribution in [1.29, 1.82) is 0 Å². The van der Waals surface area contributed by atoms with Gasteiger partial charge in [0.15, 0.2) is 0 Å². The number of halogens is 1. The van der Waals surface area contributed by atoms with E-state index >= 15 is 0 Å². The molecule has 1 fully saturated rings. The van der Waals surface area contributed by atoms with Crippen molar-refractivity contribution in [3.8, 4) is 0 Å². The molecule has 3 N–H and O–H groups in total. The number of nitrogens with one attached hydrogen (secondary N) is 2. The van der Waals surface area contributed by atoms with Crippen LogP contribution in [0.3, 0.4) is 0 Å². The van der Waals surface area contributed by atoms with Gasteiger partial charge >= 0.3 is 0 Å². The fourth-order valence-corrected chi connectivity index (χ4v) is 5.83. The van der Waals surface area contributed by atoms with E-state index in [2.05, 4.69) is 31.0 Å². The van der Waals surface area contributed by atoms with Gasteiger partial charge in [-0.25, -0.2) is 18.1 Å². The van der Waals surface area contributed by atoms with E-state index in [1.54, 1.807) is 17.4 Å². The maximum atomic E-state index is 12.5. The average Bonchev–Trinajstić information content (AvgIpc) is 3.20. The lowest BCUT2D eigenvalue weighted by atomic mass is 10.3. The number of sulfonamides is 1. The van der Waals surface area contributed by atoms with Gasteiger partial charge in [0.05, 0.1) is 12.2 Å². The van der Waals surface area contributed by atoms with Gasteiger partial charge in [0.25, 0.3) is 0 Å². The van der Waals surface area contributed by atoms with Gasteiger partial charge in [0.2, 0.25) is 10.0 Å². The Balaban J connectivity index is 1.55. The number of anilines is 1. The molecule has 148 valence electrons. The van der Waals surface area contributed by atoms with Crippen molar-refractivity contribution in [3.05, 3.63) is 39.1 Å². The first-order valence-corrected chi connectivity index (χ1v) is 11.7.